The molecular weight excluding hydrogens is 237 g/mol. The summed E-state index contributed by atoms with van der Waals surface area (Å²) in [6, 6.07) is 4.43. The molecule has 5 heteroatoms. The second-order valence-electron chi connectivity index (χ2n) is 4.32. The molecule has 1 saturated carbocycles. The number of methoxy groups -OCH3 is 1. The van der Waals surface area contributed by atoms with Crippen molar-refractivity contribution in [3.8, 4) is 6.07 Å². The number of ether oxygens (including phenoxy) is 1. The Balaban J connectivity index is 2.65. The van der Waals surface area contributed by atoms with E-state index in [1.165, 1.54) is 19.2 Å². The molecule has 0 unspecified atom stereocenters. The van der Waals surface area contributed by atoms with Crippen LogP contribution in [0.25, 0.3) is 0 Å². The van der Waals surface area contributed by atoms with Crippen molar-refractivity contribution in [2.75, 3.05) is 7.11 Å². The van der Waals surface area contributed by atoms with Gasteiger partial charge in [0.2, 0.25) is 0 Å². The molecule has 1 N–H and O–H groups in total. The van der Waals surface area contributed by atoms with E-state index in [0.29, 0.717) is 18.4 Å². The Bertz CT molecular complexity index is 538. The molecular formula is C13H12FNO3. The number of nitrogens with zero attached hydrogens (tertiary/aromatic N) is 1. The minimum Gasteiger partial charge on any atom is -0.478 e. The van der Waals surface area contributed by atoms with Crippen LogP contribution in [0.3, 0.4) is 0 Å². The summed E-state index contributed by atoms with van der Waals surface area (Å²) in [6.07, 6.45) is 2.23. The van der Waals surface area contributed by atoms with Crippen molar-refractivity contribution in [3.63, 3.8) is 0 Å². The first kappa shape index (κ1) is 12.5. The van der Waals surface area contributed by atoms with E-state index in [0.717, 1.165) is 6.42 Å². The lowest BCUT2D eigenvalue weighted by Gasteiger charge is -2.41. The van der Waals surface area contributed by atoms with Gasteiger partial charge in [0, 0.05) is 12.7 Å². The van der Waals surface area contributed by atoms with Crippen LogP contribution >= 0.6 is 0 Å². The maximum atomic E-state index is 14.0. The molecule has 0 saturated heterocycles. The molecule has 18 heavy (non-hydrogen) atoms. The molecule has 0 aliphatic heterocycles. The Hall–Kier alpha value is -1.93. The normalized spacial score (nSPS) is 16.7. The fourth-order valence-electron chi connectivity index (χ4n) is 2.33. The summed E-state index contributed by atoms with van der Waals surface area (Å²) in [5.41, 5.74) is -1.11. The number of carboxylic acids is 1. The van der Waals surface area contributed by atoms with Crippen LogP contribution in [0.4, 0.5) is 4.39 Å². The number of aromatic carboxylic acids is 1. The van der Waals surface area contributed by atoms with E-state index >= 15 is 0 Å². The Kier molecular flexibility index (Phi) is 3.05. The Morgan fingerprint density at radius 1 is 1.56 bits per heavy atom. The van der Waals surface area contributed by atoms with Gasteiger partial charge in [-0.05, 0) is 25.3 Å². The third-order valence-corrected chi connectivity index (χ3v) is 3.52. The van der Waals surface area contributed by atoms with E-state index in [1.807, 2.05) is 0 Å². The monoisotopic (exact) mass is 249 g/mol. The summed E-state index contributed by atoms with van der Waals surface area (Å²) in [5.74, 6) is -2.35. The second kappa shape index (κ2) is 4.39. The number of carboxylic acid groups (broad SMARTS) is 1. The Labute approximate surface area is 104 Å². The quantitative estimate of drug-likeness (QED) is 0.893. The highest BCUT2D eigenvalue weighted by atomic mass is 19.1. The van der Waals surface area contributed by atoms with Gasteiger partial charge in [0.15, 0.2) is 5.82 Å². The van der Waals surface area contributed by atoms with Gasteiger partial charge >= 0.3 is 5.97 Å². The van der Waals surface area contributed by atoms with E-state index in [2.05, 4.69) is 0 Å². The molecule has 0 aromatic heterocycles. The van der Waals surface area contributed by atoms with Crippen LogP contribution in [0.1, 0.15) is 40.7 Å². The number of nitriles is 1. The summed E-state index contributed by atoms with van der Waals surface area (Å²) in [5, 5.41) is 17.9. The van der Waals surface area contributed by atoms with Crippen molar-refractivity contribution in [2.45, 2.75) is 24.9 Å². The van der Waals surface area contributed by atoms with E-state index in [1.54, 1.807) is 6.07 Å². The molecule has 4 nitrogen and oxygen atoms in total. The van der Waals surface area contributed by atoms with Crippen molar-refractivity contribution < 1.29 is 19.0 Å². The molecule has 0 atom stereocenters. The molecule has 0 amide bonds. The molecule has 94 valence electrons. The molecule has 1 fully saturated rings. The van der Waals surface area contributed by atoms with Gasteiger partial charge in [-0.1, -0.05) is 6.07 Å². The Morgan fingerprint density at radius 2 is 2.22 bits per heavy atom. The number of carbonyl (C=O) groups is 1. The lowest BCUT2D eigenvalue weighted by Crippen LogP contribution is -2.38. The zero-order valence-corrected chi connectivity index (χ0v) is 9.86. The van der Waals surface area contributed by atoms with Crippen molar-refractivity contribution >= 4 is 5.97 Å². The van der Waals surface area contributed by atoms with Gasteiger partial charge in [0.05, 0.1) is 11.2 Å². The van der Waals surface area contributed by atoms with Gasteiger partial charge in [0.25, 0.3) is 0 Å². The fraction of sp³-hybridized carbons (Fsp3) is 0.385. The van der Waals surface area contributed by atoms with Crippen LogP contribution in [-0.4, -0.2) is 18.2 Å². The molecule has 0 spiro atoms. The molecule has 0 bridgehead atoms. The maximum absolute atomic E-state index is 14.0. The van der Waals surface area contributed by atoms with Gasteiger partial charge in [-0.2, -0.15) is 5.26 Å². The largest absolute Gasteiger partial charge is 0.478 e. The fourth-order valence-corrected chi connectivity index (χ4v) is 2.33. The maximum Gasteiger partial charge on any atom is 0.339 e. The summed E-state index contributed by atoms with van der Waals surface area (Å²) >= 11 is 0. The first-order valence-electron chi connectivity index (χ1n) is 5.57. The average molecular weight is 249 g/mol. The third kappa shape index (κ3) is 1.66. The van der Waals surface area contributed by atoms with Crippen LogP contribution in [-0.2, 0) is 10.3 Å². The molecule has 0 heterocycles. The molecule has 1 aliphatic carbocycles. The summed E-state index contributed by atoms with van der Waals surface area (Å²) < 4.78 is 19.3. The van der Waals surface area contributed by atoms with Gasteiger partial charge in [-0.25, -0.2) is 9.18 Å². The van der Waals surface area contributed by atoms with E-state index < -0.39 is 23.0 Å². The number of halogens is 1. The van der Waals surface area contributed by atoms with Crippen molar-refractivity contribution in [2.24, 2.45) is 0 Å². The minimum absolute atomic E-state index is 0.262. The van der Waals surface area contributed by atoms with Gasteiger partial charge in [0.1, 0.15) is 11.6 Å². The first-order valence-corrected chi connectivity index (χ1v) is 5.57. The predicted octanol–water partition coefficient (Wildman–Crippen LogP) is 2.42. The topological polar surface area (TPSA) is 70.3 Å². The van der Waals surface area contributed by atoms with E-state index in [4.69, 9.17) is 15.1 Å². The molecule has 2 rings (SSSR count). The summed E-state index contributed by atoms with van der Waals surface area (Å²) in [4.78, 5) is 11.2. The van der Waals surface area contributed by atoms with Gasteiger partial charge in [-0.15, -0.1) is 0 Å². The highest BCUT2D eigenvalue weighted by molar-refractivity contribution is 5.90. The molecule has 1 aromatic carbocycles. The average Bonchev–Trinajstić information content (AvgIpc) is 2.28. The predicted molar refractivity (Wildman–Crippen MR) is 60.6 cm³/mol. The van der Waals surface area contributed by atoms with Gasteiger partial charge in [-0.3, -0.25) is 0 Å². The SMILES string of the molecule is COC1(c2ccc(C#N)c(F)c2C(=O)O)CCC1. The lowest BCUT2D eigenvalue weighted by molar-refractivity contribution is -0.0786. The standard InChI is InChI=1S/C13H12FNO3/c1-18-13(5-2-6-13)9-4-3-8(7-15)11(14)10(9)12(16)17/h3-4H,2,5-6H2,1H3,(H,16,17). The smallest absolute Gasteiger partial charge is 0.339 e. The number of hydrogen-bond donors (Lipinski definition) is 1. The van der Waals surface area contributed by atoms with E-state index in [-0.39, 0.29) is 5.56 Å². The van der Waals surface area contributed by atoms with Crippen LogP contribution < -0.4 is 0 Å². The van der Waals surface area contributed by atoms with Crippen LogP contribution in [0, 0.1) is 17.1 Å². The zero-order valence-electron chi connectivity index (χ0n) is 9.86. The van der Waals surface area contributed by atoms with Crippen molar-refractivity contribution in [3.05, 3.63) is 34.6 Å². The number of hydrogen-bond acceptors (Lipinski definition) is 3. The Morgan fingerprint density at radius 3 is 2.61 bits per heavy atom. The van der Waals surface area contributed by atoms with Crippen LogP contribution in [0.2, 0.25) is 0 Å². The van der Waals surface area contributed by atoms with Crippen molar-refractivity contribution in [1.29, 1.82) is 5.26 Å². The summed E-state index contributed by atoms with van der Waals surface area (Å²) in [7, 11) is 1.49. The molecule has 0 radical (unpaired) electrons. The van der Waals surface area contributed by atoms with Gasteiger partial charge < -0.3 is 9.84 Å². The second-order valence-corrected chi connectivity index (χ2v) is 4.32. The summed E-state index contributed by atoms with van der Waals surface area (Å²) in [6.45, 7) is 0. The van der Waals surface area contributed by atoms with Crippen LogP contribution in [0.15, 0.2) is 12.1 Å². The van der Waals surface area contributed by atoms with E-state index in [9.17, 15) is 9.18 Å². The van der Waals surface area contributed by atoms with Crippen molar-refractivity contribution in [1.82, 2.24) is 0 Å². The van der Waals surface area contributed by atoms with Crippen LogP contribution in [0.5, 0.6) is 0 Å². The minimum atomic E-state index is -1.37. The zero-order chi connectivity index (χ0) is 13.3. The number of benzene rings is 1. The number of rotatable bonds is 3. The first-order chi connectivity index (χ1) is 8.55. The highest BCUT2D eigenvalue weighted by Crippen LogP contribution is 2.46. The molecule has 1 aromatic rings. The third-order valence-electron chi connectivity index (χ3n) is 3.52. The lowest BCUT2D eigenvalue weighted by atomic mass is 9.73. The molecule has 1 aliphatic rings. The highest BCUT2D eigenvalue weighted by Gasteiger charge is 2.42.